The second-order valence-electron chi connectivity index (χ2n) is 12.8. The third kappa shape index (κ3) is 3.08. The van der Waals surface area contributed by atoms with Crippen molar-refractivity contribution in [3.05, 3.63) is 22.8 Å². The van der Waals surface area contributed by atoms with E-state index < -0.39 is 5.60 Å². The summed E-state index contributed by atoms with van der Waals surface area (Å²) in [6, 6.07) is -0.0184. The van der Waals surface area contributed by atoms with Gasteiger partial charge in [-0.15, -0.1) is 0 Å². The summed E-state index contributed by atoms with van der Waals surface area (Å²) < 4.78 is 12.1. The predicted molar refractivity (Wildman–Crippen MR) is 132 cm³/mol. The second-order valence-corrected chi connectivity index (χ2v) is 12.8. The minimum absolute atomic E-state index is 0.0184. The van der Waals surface area contributed by atoms with Crippen LogP contribution in [0.3, 0.4) is 0 Å². The van der Waals surface area contributed by atoms with Gasteiger partial charge in [-0.05, 0) is 80.6 Å². The van der Waals surface area contributed by atoms with Crippen LogP contribution >= 0.6 is 0 Å². The fraction of sp³-hybridized carbons (Fsp3) is 0.793. The fourth-order valence-corrected chi connectivity index (χ4v) is 9.49. The van der Waals surface area contributed by atoms with Crippen molar-refractivity contribution in [2.75, 3.05) is 13.7 Å². The Bertz CT molecular complexity index is 1020. The maximum atomic E-state index is 14.3. The smallest absolute Gasteiger partial charge is 0.409 e. The summed E-state index contributed by atoms with van der Waals surface area (Å²) >= 11 is 0. The molecule has 0 aromatic carbocycles. The van der Waals surface area contributed by atoms with Crippen LogP contribution in [-0.4, -0.2) is 59.4 Å². The molecule has 2 heterocycles. The summed E-state index contributed by atoms with van der Waals surface area (Å²) in [7, 11) is 1.46. The van der Waals surface area contributed by atoms with E-state index in [0.29, 0.717) is 36.5 Å². The van der Waals surface area contributed by atoms with E-state index in [1.807, 2.05) is 4.90 Å². The van der Waals surface area contributed by atoms with Gasteiger partial charge in [0.1, 0.15) is 0 Å². The van der Waals surface area contributed by atoms with Gasteiger partial charge >= 0.3 is 6.09 Å². The maximum absolute atomic E-state index is 14.3. The molecular weight excluding hydrogens is 442 g/mol. The van der Waals surface area contributed by atoms with E-state index in [9.17, 15) is 14.7 Å². The SMILES string of the molecule is COC(=O)N1CC(C)CC2OC3(CCC4C(=C3C)C(=O)C3C4CC=C4CC(O)CCC43C)C(C)C21. The molecule has 4 aliphatic carbocycles. The Kier molecular flexibility index (Phi) is 5.37. The molecular formula is C29H41NO5. The average molecular weight is 484 g/mol. The third-order valence-electron chi connectivity index (χ3n) is 11.1. The quantitative estimate of drug-likeness (QED) is 0.507. The zero-order valence-corrected chi connectivity index (χ0v) is 21.9. The van der Waals surface area contributed by atoms with Crippen molar-refractivity contribution in [2.24, 2.45) is 35.0 Å². The molecule has 0 radical (unpaired) electrons. The minimum atomic E-state index is -0.486. The number of carbonyl (C=O) groups is 2. The molecule has 192 valence electrons. The Balaban J connectivity index is 1.38. The summed E-state index contributed by atoms with van der Waals surface area (Å²) in [5, 5.41) is 10.3. The molecule has 6 heteroatoms. The lowest BCUT2D eigenvalue weighted by Crippen LogP contribution is -2.54. The maximum Gasteiger partial charge on any atom is 0.409 e. The third-order valence-corrected chi connectivity index (χ3v) is 11.1. The van der Waals surface area contributed by atoms with E-state index in [2.05, 4.69) is 33.8 Å². The van der Waals surface area contributed by atoms with Crippen molar-refractivity contribution in [2.45, 2.75) is 96.5 Å². The lowest BCUT2D eigenvalue weighted by Gasteiger charge is -2.48. The number of carbonyl (C=O) groups excluding carboxylic acids is 2. The van der Waals surface area contributed by atoms with E-state index in [1.165, 1.54) is 12.7 Å². The highest BCUT2D eigenvalue weighted by atomic mass is 16.5. The van der Waals surface area contributed by atoms with Gasteiger partial charge in [-0.1, -0.05) is 32.4 Å². The van der Waals surface area contributed by atoms with Gasteiger partial charge in [-0.25, -0.2) is 4.79 Å². The highest BCUT2D eigenvalue weighted by Gasteiger charge is 2.64. The Morgan fingerprint density at radius 3 is 2.77 bits per heavy atom. The molecule has 2 saturated heterocycles. The van der Waals surface area contributed by atoms with Crippen molar-refractivity contribution in [3.63, 3.8) is 0 Å². The first-order valence-electron chi connectivity index (χ1n) is 13.8. The van der Waals surface area contributed by atoms with Gasteiger partial charge in [-0.2, -0.15) is 0 Å². The summed E-state index contributed by atoms with van der Waals surface area (Å²) in [4.78, 5) is 28.9. The molecule has 1 spiro atoms. The molecule has 6 nitrogen and oxygen atoms in total. The van der Waals surface area contributed by atoms with Crippen LogP contribution in [-0.2, 0) is 14.3 Å². The normalized spacial score (nSPS) is 48.8. The molecule has 0 aromatic rings. The number of hydrogen-bond donors (Lipinski definition) is 1. The molecule has 6 rings (SSSR count). The number of ether oxygens (including phenoxy) is 2. The summed E-state index contributed by atoms with van der Waals surface area (Å²) in [6.45, 7) is 9.51. The Morgan fingerprint density at radius 1 is 1.26 bits per heavy atom. The van der Waals surface area contributed by atoms with E-state index in [4.69, 9.17) is 9.47 Å². The van der Waals surface area contributed by atoms with Gasteiger partial charge in [0.15, 0.2) is 5.78 Å². The van der Waals surface area contributed by atoms with Crippen molar-refractivity contribution in [3.8, 4) is 0 Å². The summed E-state index contributed by atoms with van der Waals surface area (Å²) in [5.74, 6) is 1.48. The number of aliphatic hydroxyl groups excluding tert-OH is 1. The van der Waals surface area contributed by atoms with E-state index in [1.54, 1.807) is 0 Å². The number of Topliss-reactive ketones (excluding diaryl/α,β-unsaturated/α-hetero) is 1. The van der Waals surface area contributed by atoms with Crippen LogP contribution in [0.15, 0.2) is 22.8 Å². The first-order chi connectivity index (χ1) is 16.6. The number of likely N-dealkylation sites (tertiary alicyclic amines) is 1. The van der Waals surface area contributed by atoms with Crippen molar-refractivity contribution in [1.29, 1.82) is 0 Å². The fourth-order valence-electron chi connectivity index (χ4n) is 9.49. The number of nitrogens with zero attached hydrogens (tertiary/aromatic N) is 1. The Morgan fingerprint density at radius 2 is 2.03 bits per heavy atom. The lowest BCUT2D eigenvalue weighted by atomic mass is 9.56. The molecule has 1 N–H and O–H groups in total. The molecule has 0 aromatic heterocycles. The lowest BCUT2D eigenvalue weighted by molar-refractivity contribution is -0.123. The first kappa shape index (κ1) is 23.7. The van der Waals surface area contributed by atoms with E-state index in [0.717, 1.165) is 49.7 Å². The monoisotopic (exact) mass is 483 g/mol. The molecule has 6 aliphatic rings. The summed E-state index contributed by atoms with van der Waals surface area (Å²) in [5.41, 5.74) is 2.85. The van der Waals surface area contributed by atoms with Gasteiger partial charge in [0.05, 0.1) is 31.0 Å². The number of fused-ring (bicyclic) bond motifs is 6. The highest BCUT2D eigenvalue weighted by Crippen LogP contribution is 2.64. The van der Waals surface area contributed by atoms with Gasteiger partial charge in [0.25, 0.3) is 0 Å². The number of ketones is 1. The number of hydrogen-bond acceptors (Lipinski definition) is 5. The van der Waals surface area contributed by atoms with Crippen LogP contribution in [0, 0.1) is 35.0 Å². The van der Waals surface area contributed by atoms with Gasteiger partial charge in [0, 0.05) is 24.0 Å². The topological polar surface area (TPSA) is 76.1 Å². The number of rotatable bonds is 0. The van der Waals surface area contributed by atoms with Crippen LogP contribution < -0.4 is 0 Å². The van der Waals surface area contributed by atoms with Crippen molar-refractivity contribution in [1.82, 2.24) is 4.90 Å². The molecule has 4 fully saturated rings. The van der Waals surface area contributed by atoms with Crippen LogP contribution in [0.25, 0.3) is 0 Å². The Hall–Kier alpha value is -1.66. The van der Waals surface area contributed by atoms with Crippen molar-refractivity contribution >= 4 is 11.9 Å². The molecule has 10 atom stereocenters. The number of piperidine rings is 1. The van der Waals surface area contributed by atoms with E-state index >= 15 is 0 Å². The van der Waals surface area contributed by atoms with Gasteiger partial charge in [0.2, 0.25) is 0 Å². The van der Waals surface area contributed by atoms with E-state index in [-0.39, 0.29) is 41.6 Å². The molecule has 10 unspecified atom stereocenters. The minimum Gasteiger partial charge on any atom is -0.453 e. The van der Waals surface area contributed by atoms with Crippen LogP contribution in [0.2, 0.25) is 0 Å². The number of methoxy groups -OCH3 is 1. The van der Waals surface area contributed by atoms with Crippen LogP contribution in [0.1, 0.15) is 72.6 Å². The zero-order chi connectivity index (χ0) is 24.9. The molecule has 2 aliphatic heterocycles. The first-order valence-corrected chi connectivity index (χ1v) is 13.8. The predicted octanol–water partition coefficient (Wildman–Crippen LogP) is 4.66. The van der Waals surface area contributed by atoms with Crippen LogP contribution in [0.5, 0.6) is 0 Å². The summed E-state index contributed by atoms with van der Waals surface area (Å²) in [6.07, 6.45) is 7.93. The molecule has 1 amide bonds. The number of aliphatic hydroxyl groups is 1. The Labute approximate surface area is 209 Å². The highest BCUT2D eigenvalue weighted by molar-refractivity contribution is 6.02. The standard InChI is InChI=1S/C29H41NO5/c1-15-12-22-25(30(14-15)27(33)34-5)17(3)29(35-22)11-9-20-21-7-6-18-13-19(31)8-10-28(18,4)24(21)26(32)23(20)16(29)2/h6,15,17,19-22,24-25,31H,7-14H2,1-5H3. The molecule has 0 bridgehead atoms. The van der Waals surface area contributed by atoms with Crippen LogP contribution in [0.4, 0.5) is 4.79 Å². The second kappa shape index (κ2) is 7.92. The molecule has 35 heavy (non-hydrogen) atoms. The largest absolute Gasteiger partial charge is 0.453 e. The number of allylic oxidation sites excluding steroid dienone is 2. The van der Waals surface area contributed by atoms with Gasteiger partial charge in [-0.3, -0.25) is 4.79 Å². The average Bonchev–Trinajstić information content (AvgIpc) is 3.28. The molecule has 2 saturated carbocycles. The van der Waals surface area contributed by atoms with Crippen molar-refractivity contribution < 1.29 is 24.2 Å². The van der Waals surface area contributed by atoms with Gasteiger partial charge < -0.3 is 19.5 Å². The zero-order valence-electron chi connectivity index (χ0n) is 21.9. The number of amides is 1.